The molecule has 0 aliphatic carbocycles. The maximum absolute atomic E-state index is 12.3. The van der Waals surface area contributed by atoms with Gasteiger partial charge in [0.2, 0.25) is 0 Å². The van der Waals surface area contributed by atoms with E-state index in [9.17, 15) is 9.90 Å². The number of aryl methyl sites for hydroxylation is 2. The van der Waals surface area contributed by atoms with Gasteiger partial charge in [0, 0.05) is 17.7 Å². The molecule has 5 nitrogen and oxygen atoms in total. The second-order valence-corrected chi connectivity index (χ2v) is 6.32. The van der Waals surface area contributed by atoms with E-state index in [4.69, 9.17) is 14.2 Å². The Morgan fingerprint density at radius 1 is 1.31 bits per heavy atom. The van der Waals surface area contributed by atoms with E-state index in [-0.39, 0.29) is 5.75 Å². The molecule has 2 aromatic carbocycles. The molecule has 1 atom stereocenters. The number of carbonyl (C=O) groups is 1. The van der Waals surface area contributed by atoms with E-state index in [2.05, 4.69) is 0 Å². The molecule has 3 rings (SSSR count). The van der Waals surface area contributed by atoms with Crippen molar-refractivity contribution in [3.8, 4) is 22.6 Å². The van der Waals surface area contributed by atoms with Crippen LogP contribution in [0.2, 0.25) is 0 Å². The lowest BCUT2D eigenvalue weighted by Crippen LogP contribution is -2.19. The van der Waals surface area contributed by atoms with Crippen molar-refractivity contribution in [1.82, 2.24) is 0 Å². The molecule has 0 amide bonds. The Balaban J connectivity index is 2.18. The third-order valence-electron chi connectivity index (χ3n) is 4.65. The van der Waals surface area contributed by atoms with Gasteiger partial charge in [0.25, 0.3) is 0 Å². The summed E-state index contributed by atoms with van der Waals surface area (Å²) in [5.74, 6) is 0.502. The van der Waals surface area contributed by atoms with Crippen LogP contribution in [0, 0.1) is 6.92 Å². The van der Waals surface area contributed by atoms with E-state index in [1.54, 1.807) is 12.1 Å². The van der Waals surface area contributed by atoms with Crippen molar-refractivity contribution in [2.45, 2.75) is 32.8 Å². The maximum Gasteiger partial charge on any atom is 0.339 e. The lowest BCUT2D eigenvalue weighted by atomic mass is 9.89. The Bertz CT molecular complexity index is 812. The number of methoxy groups -OCH3 is 1. The molecule has 0 saturated carbocycles. The van der Waals surface area contributed by atoms with E-state index in [1.165, 1.54) is 7.11 Å². The van der Waals surface area contributed by atoms with Crippen molar-refractivity contribution >= 4 is 5.97 Å². The lowest BCUT2D eigenvalue weighted by Gasteiger charge is -2.23. The number of aromatic hydroxyl groups is 1. The smallest absolute Gasteiger partial charge is 0.339 e. The molecular formula is C21H24O5. The van der Waals surface area contributed by atoms with E-state index in [1.807, 2.05) is 32.0 Å². The third-order valence-corrected chi connectivity index (χ3v) is 4.65. The van der Waals surface area contributed by atoms with Gasteiger partial charge in [0.15, 0.2) is 6.10 Å². The molecular weight excluding hydrogens is 332 g/mol. The zero-order valence-corrected chi connectivity index (χ0v) is 15.4. The molecule has 1 aliphatic rings. The highest BCUT2D eigenvalue weighted by molar-refractivity contribution is 5.84. The molecule has 0 bridgehead atoms. The van der Waals surface area contributed by atoms with Gasteiger partial charge in [-0.1, -0.05) is 12.1 Å². The highest BCUT2D eigenvalue weighted by Crippen LogP contribution is 2.41. The number of phenolic OH excluding ortho intramolecular Hbond substituents is 1. The zero-order chi connectivity index (χ0) is 18.7. The van der Waals surface area contributed by atoms with Crippen molar-refractivity contribution < 1.29 is 24.1 Å². The topological polar surface area (TPSA) is 65.0 Å². The fraction of sp³-hybridized carbons (Fsp3) is 0.381. The number of hydrogen-bond acceptors (Lipinski definition) is 5. The average molecular weight is 356 g/mol. The highest BCUT2D eigenvalue weighted by Gasteiger charge is 2.29. The van der Waals surface area contributed by atoms with E-state index in [0.717, 1.165) is 41.9 Å². The Hall–Kier alpha value is -2.53. The van der Waals surface area contributed by atoms with Gasteiger partial charge in [-0.2, -0.15) is 0 Å². The van der Waals surface area contributed by atoms with Crippen molar-refractivity contribution in [3.05, 3.63) is 47.0 Å². The molecule has 1 unspecified atom stereocenters. The molecule has 0 fully saturated rings. The van der Waals surface area contributed by atoms with Gasteiger partial charge < -0.3 is 19.3 Å². The predicted molar refractivity (Wildman–Crippen MR) is 98.5 cm³/mol. The number of rotatable bonds is 5. The van der Waals surface area contributed by atoms with Crippen molar-refractivity contribution in [2.24, 2.45) is 0 Å². The van der Waals surface area contributed by atoms with Gasteiger partial charge in [-0.15, -0.1) is 0 Å². The standard InChI is InChI=1S/C21H24O5/c1-4-25-20(21(23)24-3)18-13(2)7-9-16(22)19(18)15-8-10-17-14(12-15)6-5-11-26-17/h7-10,12,20,22H,4-6,11H2,1-3H3. The summed E-state index contributed by atoms with van der Waals surface area (Å²) in [6.45, 7) is 4.80. The van der Waals surface area contributed by atoms with E-state index in [0.29, 0.717) is 17.7 Å². The van der Waals surface area contributed by atoms with Crippen LogP contribution >= 0.6 is 0 Å². The number of phenols is 1. The Labute approximate surface area is 153 Å². The number of ether oxygens (including phenoxy) is 3. The molecule has 138 valence electrons. The summed E-state index contributed by atoms with van der Waals surface area (Å²) >= 11 is 0. The first-order valence-electron chi connectivity index (χ1n) is 8.84. The van der Waals surface area contributed by atoms with Gasteiger partial charge in [0.1, 0.15) is 11.5 Å². The van der Waals surface area contributed by atoms with Gasteiger partial charge in [0.05, 0.1) is 13.7 Å². The zero-order valence-electron chi connectivity index (χ0n) is 15.4. The first kappa shape index (κ1) is 18.3. The number of carbonyl (C=O) groups excluding carboxylic acids is 1. The molecule has 0 spiro atoms. The summed E-state index contributed by atoms with van der Waals surface area (Å²) < 4.78 is 16.3. The SMILES string of the molecule is CCOC(C(=O)OC)c1c(C)ccc(O)c1-c1ccc2c(c1)CCCO2. The number of esters is 1. The van der Waals surface area contributed by atoms with Gasteiger partial charge in [-0.05, 0) is 61.6 Å². The second kappa shape index (κ2) is 7.79. The molecule has 0 aromatic heterocycles. The third kappa shape index (κ3) is 3.40. The largest absolute Gasteiger partial charge is 0.507 e. The lowest BCUT2D eigenvalue weighted by molar-refractivity contribution is -0.154. The molecule has 1 N–H and O–H groups in total. The van der Waals surface area contributed by atoms with Crippen LogP contribution in [0.3, 0.4) is 0 Å². The molecule has 0 radical (unpaired) electrons. The van der Waals surface area contributed by atoms with E-state index >= 15 is 0 Å². The van der Waals surface area contributed by atoms with Crippen LogP contribution < -0.4 is 4.74 Å². The Kier molecular flexibility index (Phi) is 5.47. The summed E-state index contributed by atoms with van der Waals surface area (Å²) in [5, 5.41) is 10.6. The molecule has 26 heavy (non-hydrogen) atoms. The number of benzene rings is 2. The molecule has 5 heteroatoms. The van der Waals surface area contributed by atoms with Gasteiger partial charge in [-0.3, -0.25) is 0 Å². The second-order valence-electron chi connectivity index (χ2n) is 6.32. The Morgan fingerprint density at radius 3 is 2.85 bits per heavy atom. The van der Waals surface area contributed by atoms with Crippen molar-refractivity contribution in [2.75, 3.05) is 20.3 Å². The Morgan fingerprint density at radius 2 is 2.12 bits per heavy atom. The first-order chi connectivity index (χ1) is 12.6. The molecule has 0 saturated heterocycles. The van der Waals surface area contributed by atoms with Crippen LogP contribution in [0.25, 0.3) is 11.1 Å². The van der Waals surface area contributed by atoms with Crippen LogP contribution in [-0.4, -0.2) is 31.4 Å². The molecule has 1 heterocycles. The summed E-state index contributed by atoms with van der Waals surface area (Å²) in [4.78, 5) is 12.3. The molecule has 2 aromatic rings. The first-order valence-corrected chi connectivity index (χ1v) is 8.84. The van der Waals surface area contributed by atoms with Crippen LogP contribution in [0.5, 0.6) is 11.5 Å². The van der Waals surface area contributed by atoms with Crippen molar-refractivity contribution in [1.29, 1.82) is 0 Å². The predicted octanol–water partition coefficient (Wildman–Crippen LogP) is 3.94. The minimum atomic E-state index is -0.889. The van der Waals surface area contributed by atoms with Crippen LogP contribution in [0.4, 0.5) is 0 Å². The van der Waals surface area contributed by atoms with Gasteiger partial charge >= 0.3 is 5.97 Å². The maximum atomic E-state index is 12.3. The minimum Gasteiger partial charge on any atom is -0.507 e. The van der Waals surface area contributed by atoms with Crippen LogP contribution in [0.1, 0.15) is 36.1 Å². The van der Waals surface area contributed by atoms with E-state index < -0.39 is 12.1 Å². The summed E-state index contributed by atoms with van der Waals surface area (Å²) in [6.07, 6.45) is 1.00. The quantitative estimate of drug-likeness (QED) is 0.822. The normalized spacial score (nSPS) is 14.3. The summed E-state index contributed by atoms with van der Waals surface area (Å²) in [6, 6.07) is 9.27. The number of hydrogen-bond donors (Lipinski definition) is 1. The average Bonchev–Trinajstić information content (AvgIpc) is 2.67. The summed E-state index contributed by atoms with van der Waals surface area (Å²) in [7, 11) is 1.34. The fourth-order valence-electron chi connectivity index (χ4n) is 3.41. The van der Waals surface area contributed by atoms with Crippen LogP contribution in [-0.2, 0) is 20.7 Å². The van der Waals surface area contributed by atoms with Gasteiger partial charge in [-0.25, -0.2) is 4.79 Å². The van der Waals surface area contributed by atoms with Crippen molar-refractivity contribution in [3.63, 3.8) is 0 Å². The minimum absolute atomic E-state index is 0.107. The summed E-state index contributed by atoms with van der Waals surface area (Å²) in [5.41, 5.74) is 4.03. The fourth-order valence-corrected chi connectivity index (χ4v) is 3.41. The molecule has 1 aliphatic heterocycles. The highest BCUT2D eigenvalue weighted by atomic mass is 16.6. The monoisotopic (exact) mass is 356 g/mol. The van der Waals surface area contributed by atoms with Crippen LogP contribution in [0.15, 0.2) is 30.3 Å². The number of fused-ring (bicyclic) bond motifs is 1.